The first kappa shape index (κ1) is 31.4. The Balaban J connectivity index is 1.42. The van der Waals surface area contributed by atoms with Crippen molar-refractivity contribution in [1.82, 2.24) is 19.6 Å². The largest absolute Gasteiger partial charge is 0.505 e. The molecule has 1 aliphatic heterocycles. The van der Waals surface area contributed by atoms with Crippen molar-refractivity contribution in [3.63, 3.8) is 0 Å². The van der Waals surface area contributed by atoms with Gasteiger partial charge in [0.05, 0.1) is 23.9 Å². The Morgan fingerprint density at radius 2 is 1.89 bits per heavy atom. The number of ether oxygens (including phenoxy) is 1. The lowest BCUT2D eigenvalue weighted by Crippen LogP contribution is -2.29. The molecule has 1 aliphatic rings. The molecule has 1 unspecified atom stereocenters. The van der Waals surface area contributed by atoms with Gasteiger partial charge in [0, 0.05) is 11.9 Å². The second-order valence-electron chi connectivity index (χ2n) is 11.0. The number of carbonyl (C=O) groups excluding carboxylic acids is 2. The summed E-state index contributed by atoms with van der Waals surface area (Å²) in [7, 11) is 0. The van der Waals surface area contributed by atoms with Crippen molar-refractivity contribution in [2.75, 3.05) is 11.5 Å². The molecule has 46 heavy (non-hydrogen) atoms. The molecule has 6 rings (SSSR count). The van der Waals surface area contributed by atoms with E-state index < -0.39 is 17.7 Å². The normalized spacial score (nSPS) is 16.1. The summed E-state index contributed by atoms with van der Waals surface area (Å²) >= 11 is 2.40. The van der Waals surface area contributed by atoms with Crippen LogP contribution >= 0.6 is 23.1 Å². The summed E-state index contributed by atoms with van der Waals surface area (Å²) in [6, 6.07) is 16.4. The molecular formula is C34H32FN5O4S2. The fourth-order valence-electron chi connectivity index (χ4n) is 5.45. The summed E-state index contributed by atoms with van der Waals surface area (Å²) in [4.78, 5) is 33.5. The molecule has 3 aromatic heterocycles. The maximum Gasteiger partial charge on any atom is 0.301 e. The van der Waals surface area contributed by atoms with Crippen molar-refractivity contribution < 1.29 is 23.8 Å². The minimum Gasteiger partial charge on any atom is -0.505 e. The van der Waals surface area contributed by atoms with Crippen LogP contribution in [0, 0.1) is 19.7 Å². The van der Waals surface area contributed by atoms with Crippen molar-refractivity contribution in [3.05, 3.63) is 106 Å². The molecule has 236 valence electrons. The topological polar surface area (TPSA) is 110 Å². The number of aliphatic hydroxyl groups excluding tert-OH is 1. The molecule has 2 aromatic carbocycles. The van der Waals surface area contributed by atoms with Crippen LogP contribution in [0.5, 0.6) is 5.75 Å². The second kappa shape index (κ2) is 13.4. The lowest BCUT2D eigenvalue weighted by molar-refractivity contribution is -0.132. The molecule has 12 heteroatoms. The van der Waals surface area contributed by atoms with Crippen LogP contribution in [0.4, 0.5) is 9.52 Å². The number of carbonyl (C=O) groups is 2. The predicted molar refractivity (Wildman–Crippen MR) is 177 cm³/mol. The lowest BCUT2D eigenvalue weighted by Gasteiger charge is -2.23. The van der Waals surface area contributed by atoms with Gasteiger partial charge in [0.2, 0.25) is 5.13 Å². The molecule has 1 fully saturated rings. The van der Waals surface area contributed by atoms with Gasteiger partial charge in [-0.3, -0.25) is 14.5 Å². The Bertz CT molecular complexity index is 1970. The monoisotopic (exact) mass is 657 g/mol. The van der Waals surface area contributed by atoms with Gasteiger partial charge < -0.3 is 14.2 Å². The van der Waals surface area contributed by atoms with Gasteiger partial charge in [0.15, 0.2) is 10.1 Å². The van der Waals surface area contributed by atoms with E-state index in [1.54, 1.807) is 43.3 Å². The Labute approximate surface area is 273 Å². The zero-order valence-electron chi connectivity index (χ0n) is 25.6. The Morgan fingerprint density at radius 3 is 2.67 bits per heavy atom. The van der Waals surface area contributed by atoms with Crippen molar-refractivity contribution in [1.29, 1.82) is 0 Å². The van der Waals surface area contributed by atoms with Crippen LogP contribution in [-0.4, -0.2) is 43.0 Å². The molecule has 1 amide bonds. The lowest BCUT2D eigenvalue weighted by atomic mass is 9.96. The molecule has 5 aromatic rings. The number of anilines is 1. The van der Waals surface area contributed by atoms with E-state index in [0.29, 0.717) is 44.9 Å². The molecule has 0 radical (unpaired) electrons. The van der Waals surface area contributed by atoms with Gasteiger partial charge in [-0.1, -0.05) is 79.3 Å². The van der Waals surface area contributed by atoms with Gasteiger partial charge in [-0.25, -0.2) is 9.37 Å². The van der Waals surface area contributed by atoms with Crippen LogP contribution in [0.3, 0.4) is 0 Å². The summed E-state index contributed by atoms with van der Waals surface area (Å²) in [6.45, 7) is 6.35. The van der Waals surface area contributed by atoms with Crippen LogP contribution in [0.1, 0.15) is 60.3 Å². The zero-order chi connectivity index (χ0) is 32.4. The van der Waals surface area contributed by atoms with E-state index in [1.165, 1.54) is 22.7 Å². The van der Waals surface area contributed by atoms with E-state index in [-0.39, 0.29) is 28.0 Å². The fourth-order valence-corrected chi connectivity index (χ4v) is 7.30. The quantitative estimate of drug-likeness (QED) is 0.0390. The molecule has 0 bridgehead atoms. The molecule has 0 saturated carbocycles. The number of ketones is 1. The van der Waals surface area contributed by atoms with E-state index >= 15 is 0 Å². The third-order valence-corrected chi connectivity index (χ3v) is 9.96. The molecule has 0 aliphatic carbocycles. The maximum absolute atomic E-state index is 14.2. The highest BCUT2D eigenvalue weighted by atomic mass is 32.2. The molecule has 1 saturated heterocycles. The first-order valence-corrected chi connectivity index (χ1v) is 16.8. The van der Waals surface area contributed by atoms with Crippen molar-refractivity contribution >= 4 is 51.3 Å². The highest BCUT2D eigenvalue weighted by Gasteiger charge is 2.49. The Kier molecular flexibility index (Phi) is 9.18. The number of halogens is 1. The van der Waals surface area contributed by atoms with Gasteiger partial charge in [0.25, 0.3) is 5.78 Å². The van der Waals surface area contributed by atoms with Gasteiger partial charge in [-0.15, -0.1) is 10.2 Å². The molecule has 4 heterocycles. The van der Waals surface area contributed by atoms with Crippen molar-refractivity contribution in [2.45, 2.75) is 56.2 Å². The van der Waals surface area contributed by atoms with Gasteiger partial charge >= 0.3 is 5.91 Å². The summed E-state index contributed by atoms with van der Waals surface area (Å²) in [5.41, 5.74) is 3.33. The first-order valence-electron chi connectivity index (χ1n) is 15.0. The highest BCUT2D eigenvalue weighted by molar-refractivity contribution is 8.00. The number of aromatic nitrogens is 4. The standard InChI is InChI=1S/C34H32FN5O4S2/c1-4-5-8-17-44-24-14-9-13-22(18-24)28-26(29(41)27-21(3)39-16-10-11-20(2)31(39)36-27)30(42)32(43)40(28)33-37-38-34(46-33)45-19-23-12-6-7-15-25(23)35/h6-7,9-16,18,28,41H,4-5,8,17,19H2,1-3H3. The van der Waals surface area contributed by atoms with Crippen LogP contribution in [-0.2, 0) is 15.3 Å². The number of pyridine rings is 1. The number of benzene rings is 2. The summed E-state index contributed by atoms with van der Waals surface area (Å²) < 4.78 is 22.6. The van der Waals surface area contributed by atoms with Crippen LogP contribution in [0.2, 0.25) is 0 Å². The number of rotatable bonds is 11. The fraction of sp³-hybridized carbons (Fsp3) is 0.265. The van der Waals surface area contributed by atoms with E-state index in [1.807, 2.05) is 35.7 Å². The van der Waals surface area contributed by atoms with Gasteiger partial charge in [-0.05, 0) is 61.2 Å². The van der Waals surface area contributed by atoms with E-state index in [9.17, 15) is 19.1 Å². The number of aryl methyl sites for hydroxylation is 2. The number of fused-ring (bicyclic) bond motifs is 1. The Morgan fingerprint density at radius 1 is 1.07 bits per heavy atom. The Hall–Kier alpha value is -4.55. The number of imidazole rings is 1. The zero-order valence-corrected chi connectivity index (χ0v) is 27.2. The van der Waals surface area contributed by atoms with Crippen LogP contribution < -0.4 is 9.64 Å². The number of amides is 1. The second-order valence-corrected chi connectivity index (χ2v) is 13.1. The average Bonchev–Trinajstić information content (AvgIpc) is 3.74. The van der Waals surface area contributed by atoms with Crippen LogP contribution in [0.15, 0.2) is 76.8 Å². The summed E-state index contributed by atoms with van der Waals surface area (Å²) in [5.74, 6) is -1.51. The third kappa shape index (κ3) is 6.02. The van der Waals surface area contributed by atoms with E-state index in [2.05, 4.69) is 22.1 Å². The molecule has 1 atom stereocenters. The number of hydrogen-bond donors (Lipinski definition) is 1. The number of Topliss-reactive ketones (excluding diaryl/α,β-unsaturated/α-hetero) is 1. The maximum atomic E-state index is 14.2. The minimum atomic E-state index is -1.03. The average molecular weight is 658 g/mol. The molecule has 0 spiro atoms. The molecule has 9 nitrogen and oxygen atoms in total. The van der Waals surface area contributed by atoms with Crippen molar-refractivity contribution in [2.24, 2.45) is 0 Å². The highest BCUT2D eigenvalue weighted by Crippen LogP contribution is 2.45. The minimum absolute atomic E-state index is 0.104. The molecule has 1 N–H and O–H groups in total. The van der Waals surface area contributed by atoms with Gasteiger partial charge in [-0.2, -0.15) is 0 Å². The number of hydrogen-bond acceptors (Lipinski definition) is 9. The first-order chi connectivity index (χ1) is 22.3. The summed E-state index contributed by atoms with van der Waals surface area (Å²) in [5, 5.41) is 20.5. The number of aliphatic hydroxyl groups is 1. The smallest absolute Gasteiger partial charge is 0.301 e. The molecular weight excluding hydrogens is 626 g/mol. The number of thioether (sulfide) groups is 1. The van der Waals surface area contributed by atoms with Gasteiger partial charge in [0.1, 0.15) is 22.9 Å². The predicted octanol–water partition coefficient (Wildman–Crippen LogP) is 7.43. The van der Waals surface area contributed by atoms with Crippen molar-refractivity contribution in [3.8, 4) is 5.75 Å². The van der Waals surface area contributed by atoms with E-state index in [4.69, 9.17) is 4.74 Å². The third-order valence-electron chi connectivity index (χ3n) is 7.85. The number of unbranched alkanes of at least 4 members (excludes halogenated alkanes) is 2. The SMILES string of the molecule is CCCCCOc1cccc(C2C(=C(O)c3nc4c(C)cccn4c3C)C(=O)C(=O)N2c2nnc(SCc3ccccc3F)s2)c1. The van der Waals surface area contributed by atoms with E-state index in [0.717, 1.165) is 36.2 Å². The number of nitrogens with zero attached hydrogens (tertiary/aromatic N) is 5. The van der Waals surface area contributed by atoms with Crippen LogP contribution in [0.25, 0.3) is 11.4 Å². The summed E-state index contributed by atoms with van der Waals surface area (Å²) in [6.07, 6.45) is 4.82.